The van der Waals surface area contributed by atoms with Crippen LogP contribution in [0.1, 0.15) is 58.9 Å². The van der Waals surface area contributed by atoms with Crippen molar-refractivity contribution in [1.82, 2.24) is 0 Å². The number of aromatic hydroxyl groups is 1. The van der Waals surface area contributed by atoms with E-state index in [-0.39, 0.29) is 24.5 Å². The first-order chi connectivity index (χ1) is 14.4. The van der Waals surface area contributed by atoms with Gasteiger partial charge in [-0.2, -0.15) is 0 Å². The number of hydrogen-bond acceptors (Lipinski definition) is 8. The smallest absolute Gasteiger partial charge is 0.348 e. The predicted octanol–water partition coefficient (Wildman–Crippen LogP) is 4.71. The van der Waals surface area contributed by atoms with Gasteiger partial charge in [-0.3, -0.25) is 0 Å². The zero-order valence-corrected chi connectivity index (χ0v) is 18.8. The molecule has 0 bridgehead atoms. The quantitative estimate of drug-likeness (QED) is 0.456. The van der Waals surface area contributed by atoms with Gasteiger partial charge in [-0.1, -0.05) is 0 Å². The Morgan fingerprint density at radius 1 is 1.10 bits per heavy atom. The van der Waals surface area contributed by atoms with Crippen molar-refractivity contribution in [1.29, 1.82) is 0 Å². The molecule has 0 unspecified atom stereocenters. The molecule has 1 aromatic heterocycles. The first kappa shape index (κ1) is 23.4. The standard InChI is InChI=1S/C22H28N2O5S/c1-6-24(7-2)16-11-10-15(17(25)12-16)13-23-20-18(21(26)28-8-3)14(5)19(30-20)22(27)29-9-4/h10-13,25H,6-9H2,1-5H3. The number of rotatable bonds is 9. The fraction of sp³-hybridized carbons (Fsp3) is 0.409. The second-order valence-corrected chi connectivity index (χ2v) is 7.35. The van der Waals surface area contributed by atoms with Crippen LogP contribution in [0.15, 0.2) is 23.2 Å². The summed E-state index contributed by atoms with van der Waals surface area (Å²) in [5.41, 5.74) is 2.13. The van der Waals surface area contributed by atoms with Crippen LogP contribution in [0.2, 0.25) is 0 Å². The van der Waals surface area contributed by atoms with E-state index in [0.29, 0.717) is 21.0 Å². The Balaban J connectivity index is 2.43. The molecule has 0 fully saturated rings. The van der Waals surface area contributed by atoms with Gasteiger partial charge in [-0.15, -0.1) is 11.3 Å². The van der Waals surface area contributed by atoms with Crippen LogP contribution < -0.4 is 4.90 Å². The average molecular weight is 433 g/mol. The number of ether oxygens (including phenoxy) is 2. The number of benzene rings is 1. The van der Waals surface area contributed by atoms with Gasteiger partial charge >= 0.3 is 11.9 Å². The average Bonchev–Trinajstić information content (AvgIpc) is 3.05. The summed E-state index contributed by atoms with van der Waals surface area (Å²) in [5.74, 6) is -0.965. The van der Waals surface area contributed by atoms with Crippen molar-refractivity contribution >= 4 is 40.2 Å². The van der Waals surface area contributed by atoms with Crippen molar-refractivity contribution < 1.29 is 24.2 Å². The maximum atomic E-state index is 12.4. The molecule has 2 rings (SSSR count). The summed E-state index contributed by atoms with van der Waals surface area (Å²) in [5, 5.41) is 10.7. The fourth-order valence-corrected chi connectivity index (χ4v) is 4.01. The Bertz CT molecular complexity index is 932. The second kappa shape index (κ2) is 10.8. The van der Waals surface area contributed by atoms with E-state index in [9.17, 15) is 14.7 Å². The number of phenolic OH excluding ortho intramolecular Hbond substituents is 1. The van der Waals surface area contributed by atoms with Crippen LogP contribution in [-0.2, 0) is 9.47 Å². The first-order valence-electron chi connectivity index (χ1n) is 9.97. The molecule has 0 saturated heterocycles. The number of phenols is 1. The van der Waals surface area contributed by atoms with Crippen LogP contribution >= 0.6 is 11.3 Å². The second-order valence-electron chi connectivity index (χ2n) is 6.35. The van der Waals surface area contributed by atoms with Gasteiger partial charge < -0.3 is 19.5 Å². The van der Waals surface area contributed by atoms with Gasteiger partial charge in [0, 0.05) is 36.6 Å². The van der Waals surface area contributed by atoms with Crippen molar-refractivity contribution in [2.75, 3.05) is 31.2 Å². The number of esters is 2. The lowest BCUT2D eigenvalue weighted by Gasteiger charge is -2.21. The molecule has 162 valence electrons. The van der Waals surface area contributed by atoms with Crippen molar-refractivity contribution in [2.45, 2.75) is 34.6 Å². The van der Waals surface area contributed by atoms with Gasteiger partial charge in [-0.25, -0.2) is 14.6 Å². The Kier molecular flexibility index (Phi) is 8.41. The van der Waals surface area contributed by atoms with E-state index < -0.39 is 11.9 Å². The molecular formula is C22H28N2O5S. The van der Waals surface area contributed by atoms with Gasteiger partial charge in [0.15, 0.2) is 0 Å². The third kappa shape index (κ3) is 5.18. The van der Waals surface area contributed by atoms with Crippen LogP contribution in [0.4, 0.5) is 10.7 Å². The Morgan fingerprint density at radius 2 is 1.73 bits per heavy atom. The number of aliphatic imine (C=N–C) groups is 1. The lowest BCUT2D eigenvalue weighted by Crippen LogP contribution is -2.21. The largest absolute Gasteiger partial charge is 0.507 e. The molecule has 0 atom stereocenters. The molecule has 0 radical (unpaired) electrons. The molecule has 30 heavy (non-hydrogen) atoms. The van der Waals surface area contributed by atoms with Crippen molar-refractivity contribution in [3.63, 3.8) is 0 Å². The third-order valence-corrected chi connectivity index (χ3v) is 5.71. The highest BCUT2D eigenvalue weighted by molar-refractivity contribution is 7.18. The molecule has 0 aliphatic carbocycles. The molecule has 0 spiro atoms. The van der Waals surface area contributed by atoms with E-state index in [1.165, 1.54) is 6.21 Å². The number of nitrogens with zero attached hydrogens (tertiary/aromatic N) is 2. The van der Waals surface area contributed by atoms with Crippen molar-refractivity contribution in [2.24, 2.45) is 4.99 Å². The summed E-state index contributed by atoms with van der Waals surface area (Å²) in [7, 11) is 0. The summed E-state index contributed by atoms with van der Waals surface area (Å²) < 4.78 is 10.2. The molecule has 0 saturated carbocycles. The lowest BCUT2D eigenvalue weighted by molar-refractivity contribution is 0.0527. The monoisotopic (exact) mass is 432 g/mol. The predicted molar refractivity (Wildman–Crippen MR) is 120 cm³/mol. The van der Waals surface area contributed by atoms with E-state index in [4.69, 9.17) is 9.47 Å². The Morgan fingerprint density at radius 3 is 2.30 bits per heavy atom. The van der Waals surface area contributed by atoms with Gasteiger partial charge in [0.25, 0.3) is 0 Å². The summed E-state index contributed by atoms with van der Waals surface area (Å²) >= 11 is 1.07. The maximum Gasteiger partial charge on any atom is 0.348 e. The highest BCUT2D eigenvalue weighted by Crippen LogP contribution is 2.37. The van der Waals surface area contributed by atoms with Crippen LogP contribution in [0.3, 0.4) is 0 Å². The molecular weight excluding hydrogens is 404 g/mol. The van der Waals surface area contributed by atoms with Gasteiger partial charge in [0.05, 0.1) is 13.2 Å². The summed E-state index contributed by atoms with van der Waals surface area (Å²) in [6.07, 6.45) is 1.48. The van der Waals surface area contributed by atoms with E-state index in [2.05, 4.69) is 9.89 Å². The molecule has 8 heteroatoms. The van der Waals surface area contributed by atoms with Crippen LogP contribution in [0.25, 0.3) is 0 Å². The maximum absolute atomic E-state index is 12.4. The van der Waals surface area contributed by atoms with Crippen molar-refractivity contribution in [3.8, 4) is 5.75 Å². The molecule has 2 aromatic rings. The van der Waals surface area contributed by atoms with Gasteiger partial charge in [-0.05, 0) is 52.3 Å². The highest BCUT2D eigenvalue weighted by atomic mass is 32.1. The van der Waals surface area contributed by atoms with Crippen molar-refractivity contribution in [3.05, 3.63) is 39.8 Å². The molecule has 7 nitrogen and oxygen atoms in total. The third-order valence-electron chi connectivity index (χ3n) is 4.53. The molecule has 0 amide bonds. The molecule has 1 heterocycles. The Hall–Kier alpha value is -2.87. The minimum atomic E-state index is -0.546. The summed E-state index contributed by atoms with van der Waals surface area (Å²) in [6, 6.07) is 5.36. The number of hydrogen-bond donors (Lipinski definition) is 1. The summed E-state index contributed by atoms with van der Waals surface area (Å²) in [6.45, 7) is 11.3. The lowest BCUT2D eigenvalue weighted by atomic mass is 10.1. The fourth-order valence-electron chi connectivity index (χ4n) is 2.98. The van der Waals surface area contributed by atoms with Gasteiger partial charge in [0.2, 0.25) is 0 Å². The van der Waals surface area contributed by atoms with Crippen LogP contribution in [0, 0.1) is 6.92 Å². The zero-order chi connectivity index (χ0) is 22.3. The Labute approximate surface area is 181 Å². The summed E-state index contributed by atoms with van der Waals surface area (Å²) in [4.78, 5) is 31.5. The normalized spacial score (nSPS) is 11.0. The zero-order valence-electron chi connectivity index (χ0n) is 18.0. The topological polar surface area (TPSA) is 88.4 Å². The van der Waals surface area contributed by atoms with Crippen LogP contribution in [-0.4, -0.2) is 49.6 Å². The minimum Gasteiger partial charge on any atom is -0.507 e. The molecule has 0 aliphatic rings. The van der Waals surface area contributed by atoms with E-state index in [1.54, 1.807) is 32.9 Å². The van der Waals surface area contributed by atoms with Gasteiger partial charge in [0.1, 0.15) is 21.2 Å². The number of carbonyl (C=O) groups excluding carboxylic acids is 2. The molecule has 1 aromatic carbocycles. The molecule has 0 aliphatic heterocycles. The van der Waals surface area contributed by atoms with Crippen LogP contribution in [0.5, 0.6) is 5.75 Å². The number of thiophene rings is 1. The SMILES string of the molecule is CCOC(=O)c1sc(N=Cc2ccc(N(CC)CC)cc2O)c(C(=O)OCC)c1C. The van der Waals surface area contributed by atoms with E-state index in [0.717, 1.165) is 30.1 Å². The minimum absolute atomic E-state index is 0.0831. The molecule has 1 N–H and O–H groups in total. The number of carbonyl (C=O) groups is 2. The number of anilines is 1. The van der Waals surface area contributed by atoms with E-state index >= 15 is 0 Å². The first-order valence-corrected chi connectivity index (χ1v) is 10.8. The highest BCUT2D eigenvalue weighted by Gasteiger charge is 2.26. The van der Waals surface area contributed by atoms with E-state index in [1.807, 2.05) is 19.9 Å².